The molecule has 108 valence electrons. The summed E-state index contributed by atoms with van der Waals surface area (Å²) in [5.74, 6) is 0.663. The van der Waals surface area contributed by atoms with Gasteiger partial charge in [-0.05, 0) is 0 Å². The van der Waals surface area contributed by atoms with Gasteiger partial charge in [0.25, 0.3) is 0 Å². The smallest absolute Gasteiger partial charge is 1.00 e. The van der Waals surface area contributed by atoms with Crippen LogP contribution in [0, 0.1) is 5.92 Å². The van der Waals surface area contributed by atoms with Crippen LogP contribution >= 0.6 is 0 Å². The van der Waals surface area contributed by atoms with Crippen LogP contribution < -0.4 is 28.1 Å². The summed E-state index contributed by atoms with van der Waals surface area (Å²) < 4.78 is 10.8. The monoisotopic (exact) mass is 379 g/mol. The third-order valence-corrected chi connectivity index (χ3v) is 13.7. The molecule has 1 heterocycles. The van der Waals surface area contributed by atoms with E-state index in [0.29, 0.717) is 5.92 Å². The van der Waals surface area contributed by atoms with Crippen molar-refractivity contribution < 1.29 is 45.4 Å². The molecule has 4 heteroatoms. The molecule has 0 fully saturated rings. The summed E-state index contributed by atoms with van der Waals surface area (Å²) >= 11 is -2.34. The minimum atomic E-state index is -2.34. The molecule has 1 aliphatic heterocycles. The predicted molar refractivity (Wildman–Crippen MR) is 72.3 cm³/mol. The van der Waals surface area contributed by atoms with Crippen molar-refractivity contribution in [2.24, 2.45) is 5.92 Å². The van der Waals surface area contributed by atoms with Gasteiger partial charge in [0.05, 0.1) is 0 Å². The first-order valence-electron chi connectivity index (χ1n) is 6.57. The van der Waals surface area contributed by atoms with Crippen LogP contribution in [0.15, 0.2) is 27.6 Å². The van der Waals surface area contributed by atoms with Gasteiger partial charge >= 0.3 is 111 Å². The number of allylic oxidation sites excluding steroid dienone is 4. The standard InChI is InChI=1S/C9H13.C4H10N.C2H2.2ClH.Zr/c1-6-5-7(2)9(4)8(6)3;1-4(2,3)5;1-2;;;/h6H,1-4H3;5H,1-3H3;1-2H;2*1H;/q;-1;;;;+3/p-2. The topological polar surface area (TPSA) is 12.0 Å². The van der Waals surface area contributed by atoms with Gasteiger partial charge in [0.15, 0.2) is 0 Å². The van der Waals surface area contributed by atoms with E-state index in [4.69, 9.17) is 0 Å². The summed E-state index contributed by atoms with van der Waals surface area (Å²) in [6.07, 6.45) is 0. The minimum absolute atomic E-state index is 0. The van der Waals surface area contributed by atoms with Crippen LogP contribution in [0.5, 0.6) is 0 Å². The molecule has 1 N–H and O–H groups in total. The molecule has 0 aromatic carbocycles. The van der Waals surface area contributed by atoms with E-state index >= 15 is 0 Å². The number of nitrogens with one attached hydrogen (secondary N) is 1. The van der Waals surface area contributed by atoms with Crippen LogP contribution in [0.3, 0.4) is 0 Å². The number of hydrogen-bond donors (Lipinski definition) is 1. The third kappa shape index (κ3) is 3.64. The van der Waals surface area contributed by atoms with Crippen LogP contribution in [0.4, 0.5) is 0 Å². The third-order valence-electron chi connectivity index (χ3n) is 4.17. The second-order valence-electron chi connectivity index (χ2n) is 6.65. The van der Waals surface area contributed by atoms with Gasteiger partial charge in [-0.15, -0.1) is 0 Å². The van der Waals surface area contributed by atoms with E-state index in [0.717, 1.165) is 0 Å². The maximum absolute atomic E-state index is 3.96. The fraction of sp³-hybridized carbons (Fsp3) is 0.600. The largest absolute Gasteiger partial charge is 1.00 e. The first-order chi connectivity index (χ1) is 7.68. The zero-order valence-electron chi connectivity index (χ0n) is 13.0. The molecule has 0 spiro atoms. The molecule has 1 aliphatic carbocycles. The molecule has 0 saturated heterocycles. The predicted octanol–water partition coefficient (Wildman–Crippen LogP) is -1.80. The molecule has 2 rings (SSSR count). The molecule has 1 unspecified atom stereocenters. The van der Waals surface area contributed by atoms with Crippen LogP contribution in [-0.4, -0.2) is 5.54 Å². The van der Waals surface area contributed by atoms with Gasteiger partial charge in [-0.2, -0.15) is 0 Å². The van der Waals surface area contributed by atoms with Crippen molar-refractivity contribution in [3.63, 3.8) is 0 Å². The molecule has 0 amide bonds. The quantitative estimate of drug-likeness (QED) is 0.595. The molecule has 1 nitrogen and oxygen atoms in total. The molecule has 1 atom stereocenters. The van der Waals surface area contributed by atoms with Crippen LogP contribution in [0.25, 0.3) is 0 Å². The average molecular weight is 382 g/mol. The summed E-state index contributed by atoms with van der Waals surface area (Å²) in [5, 5.41) is 0. The second-order valence-corrected chi connectivity index (χ2v) is 14.5. The fourth-order valence-electron chi connectivity index (χ4n) is 3.07. The Hall–Kier alpha value is 0.643. The van der Waals surface area contributed by atoms with Gasteiger partial charge in [-0.3, -0.25) is 0 Å². The Labute approximate surface area is 135 Å². The van der Waals surface area contributed by atoms with Crippen molar-refractivity contribution in [3.05, 3.63) is 27.6 Å². The van der Waals surface area contributed by atoms with Crippen molar-refractivity contribution in [2.45, 2.75) is 54.0 Å². The van der Waals surface area contributed by atoms with E-state index in [1.807, 2.05) is 0 Å². The first kappa shape index (κ1) is 19.6. The summed E-state index contributed by atoms with van der Waals surface area (Å²) in [6.45, 7) is 16.1. The van der Waals surface area contributed by atoms with Gasteiger partial charge in [0, 0.05) is 0 Å². The van der Waals surface area contributed by atoms with Crippen molar-refractivity contribution in [3.8, 4) is 0 Å². The van der Waals surface area contributed by atoms with Crippen molar-refractivity contribution in [1.82, 2.24) is 3.26 Å². The Bertz CT molecular complexity index is 449. The zero-order chi connectivity index (χ0) is 13.0. The molecule has 0 radical (unpaired) electrons. The summed E-state index contributed by atoms with van der Waals surface area (Å²) in [4.78, 5) is 0. The SMILES string of the molecule is CC1=C(C)C(C)[C]([Zr+2]2([NH]C(C)(C)C)[CH]=[CH]2)=C1C.[Cl-].[Cl-]. The summed E-state index contributed by atoms with van der Waals surface area (Å²) in [6, 6.07) is 0. The van der Waals surface area contributed by atoms with Gasteiger partial charge in [-0.1, -0.05) is 0 Å². The Morgan fingerprint density at radius 3 is 1.74 bits per heavy atom. The van der Waals surface area contributed by atoms with Crippen molar-refractivity contribution >= 4 is 0 Å². The molecular weight excluding hydrogens is 356 g/mol. The van der Waals surface area contributed by atoms with Crippen molar-refractivity contribution in [1.29, 1.82) is 0 Å². The van der Waals surface area contributed by atoms with E-state index in [2.05, 4.69) is 59.3 Å². The van der Waals surface area contributed by atoms with Gasteiger partial charge in [0.1, 0.15) is 0 Å². The van der Waals surface area contributed by atoms with Crippen molar-refractivity contribution in [2.75, 3.05) is 0 Å². The molecule has 0 saturated carbocycles. The average Bonchev–Trinajstić information content (AvgIpc) is 2.88. The van der Waals surface area contributed by atoms with E-state index in [9.17, 15) is 0 Å². The first-order valence-corrected chi connectivity index (χ1v) is 11.9. The van der Waals surface area contributed by atoms with Crippen LogP contribution in [0.1, 0.15) is 48.5 Å². The minimum Gasteiger partial charge on any atom is -1.00 e. The summed E-state index contributed by atoms with van der Waals surface area (Å²) in [7, 11) is 0. The zero-order valence-corrected chi connectivity index (χ0v) is 17.0. The Balaban J connectivity index is 0.00000162. The summed E-state index contributed by atoms with van der Waals surface area (Å²) in [5.41, 5.74) is 4.93. The molecule has 19 heavy (non-hydrogen) atoms. The van der Waals surface area contributed by atoms with E-state index in [1.165, 1.54) is 5.57 Å². The maximum atomic E-state index is 3.96. The van der Waals surface area contributed by atoms with Gasteiger partial charge < -0.3 is 24.8 Å². The van der Waals surface area contributed by atoms with Gasteiger partial charge in [-0.25, -0.2) is 0 Å². The Morgan fingerprint density at radius 2 is 1.47 bits per heavy atom. The van der Waals surface area contributed by atoms with E-state index in [1.54, 1.807) is 14.4 Å². The number of hydrogen-bond acceptors (Lipinski definition) is 1. The molecule has 0 bridgehead atoms. The molecule has 0 aromatic rings. The fourth-order valence-corrected chi connectivity index (χ4v) is 14.9. The normalized spacial score (nSPS) is 22.6. The maximum Gasteiger partial charge on any atom is -1.00 e. The Kier molecular flexibility index (Phi) is 6.39. The number of rotatable bonds is 2. The Morgan fingerprint density at radius 1 is 1.00 bits per heavy atom. The van der Waals surface area contributed by atoms with Crippen LogP contribution in [0.2, 0.25) is 0 Å². The second kappa shape index (κ2) is 6.18. The molecule has 2 aliphatic rings. The molecule has 0 aromatic heterocycles. The van der Waals surface area contributed by atoms with E-state index < -0.39 is 20.6 Å². The number of halogens is 2. The van der Waals surface area contributed by atoms with E-state index in [-0.39, 0.29) is 30.4 Å². The van der Waals surface area contributed by atoms with Gasteiger partial charge in [0.2, 0.25) is 0 Å². The van der Waals surface area contributed by atoms with Crippen LogP contribution in [-0.2, 0) is 20.6 Å². The molecular formula is C15H25Cl2NZr.